The highest BCUT2D eigenvalue weighted by Gasteiger charge is 2.22. The van der Waals surface area contributed by atoms with E-state index in [4.69, 9.17) is 0 Å². The summed E-state index contributed by atoms with van der Waals surface area (Å²) in [4.78, 5) is 20.9. The molecule has 1 aromatic heterocycles. The van der Waals surface area contributed by atoms with Crippen molar-refractivity contribution < 1.29 is 4.79 Å². The van der Waals surface area contributed by atoms with Gasteiger partial charge in [-0.2, -0.15) is 0 Å². The Morgan fingerprint density at radius 3 is 2.38 bits per heavy atom. The number of thiophene rings is 1. The van der Waals surface area contributed by atoms with E-state index in [-0.39, 0.29) is 6.03 Å². The molecule has 21 heavy (non-hydrogen) atoms. The molecule has 1 aromatic rings. The summed E-state index contributed by atoms with van der Waals surface area (Å²) in [6.07, 6.45) is 1.18. The number of amides is 2. The summed E-state index contributed by atoms with van der Waals surface area (Å²) in [7, 11) is 3.63. The Morgan fingerprint density at radius 2 is 1.81 bits per heavy atom. The van der Waals surface area contributed by atoms with Crippen molar-refractivity contribution in [3.05, 3.63) is 21.9 Å². The summed E-state index contributed by atoms with van der Waals surface area (Å²) in [6.45, 7) is 9.16. The Kier molecular flexibility index (Phi) is 5.65. The average Bonchev–Trinajstić information content (AvgIpc) is 2.85. The summed E-state index contributed by atoms with van der Waals surface area (Å²) < 4.78 is 0. The van der Waals surface area contributed by atoms with Crippen molar-refractivity contribution in [2.24, 2.45) is 5.92 Å². The number of piperazine rings is 1. The second-order valence-corrected chi connectivity index (χ2v) is 7.66. The van der Waals surface area contributed by atoms with Gasteiger partial charge in [-0.3, -0.25) is 4.90 Å². The van der Waals surface area contributed by atoms with E-state index in [1.807, 2.05) is 30.3 Å². The highest BCUT2D eigenvalue weighted by atomic mass is 32.1. The van der Waals surface area contributed by atoms with Gasteiger partial charge in [0.2, 0.25) is 0 Å². The van der Waals surface area contributed by atoms with Crippen LogP contribution in [0.1, 0.15) is 23.6 Å². The van der Waals surface area contributed by atoms with Gasteiger partial charge in [-0.1, -0.05) is 13.8 Å². The third kappa shape index (κ3) is 4.71. The van der Waals surface area contributed by atoms with Crippen molar-refractivity contribution in [3.63, 3.8) is 0 Å². The molecule has 1 fully saturated rings. The zero-order valence-electron chi connectivity index (χ0n) is 13.6. The third-order valence-corrected chi connectivity index (χ3v) is 4.82. The van der Waals surface area contributed by atoms with Gasteiger partial charge in [0.25, 0.3) is 0 Å². The number of hydrogen-bond acceptors (Lipinski definition) is 3. The lowest BCUT2D eigenvalue weighted by Gasteiger charge is -2.35. The fraction of sp³-hybridized carbons (Fsp3) is 0.688. The second-order valence-electron chi connectivity index (χ2n) is 6.41. The first-order valence-corrected chi connectivity index (χ1v) is 8.53. The Balaban J connectivity index is 1.81. The van der Waals surface area contributed by atoms with Crippen molar-refractivity contribution in [1.29, 1.82) is 0 Å². The van der Waals surface area contributed by atoms with Crippen LogP contribution in [0.15, 0.2) is 12.1 Å². The monoisotopic (exact) mass is 309 g/mol. The molecular formula is C16H27N3OS. The number of carbonyl (C=O) groups is 1. The van der Waals surface area contributed by atoms with Gasteiger partial charge in [0.1, 0.15) is 0 Å². The topological polar surface area (TPSA) is 26.8 Å². The van der Waals surface area contributed by atoms with E-state index in [0.717, 1.165) is 38.6 Å². The smallest absolute Gasteiger partial charge is 0.319 e. The summed E-state index contributed by atoms with van der Waals surface area (Å²) in [5.41, 5.74) is 0. The van der Waals surface area contributed by atoms with Gasteiger partial charge in [-0.25, -0.2) is 4.79 Å². The number of urea groups is 1. The maximum atomic E-state index is 11.9. The fourth-order valence-corrected chi connectivity index (χ4v) is 3.89. The van der Waals surface area contributed by atoms with Crippen molar-refractivity contribution in [3.8, 4) is 0 Å². The molecule has 118 valence electrons. The van der Waals surface area contributed by atoms with Crippen LogP contribution in [0, 0.1) is 5.92 Å². The predicted octanol–water partition coefficient (Wildman–Crippen LogP) is 2.75. The summed E-state index contributed by atoms with van der Waals surface area (Å²) in [6, 6.07) is 4.66. The minimum absolute atomic E-state index is 0.130. The molecule has 5 heteroatoms. The molecule has 0 bridgehead atoms. The molecule has 0 spiro atoms. The molecule has 0 saturated carbocycles. The number of carbonyl (C=O) groups excluding carboxylic acids is 1. The van der Waals surface area contributed by atoms with Gasteiger partial charge >= 0.3 is 6.03 Å². The lowest BCUT2D eigenvalue weighted by atomic mass is 10.1. The van der Waals surface area contributed by atoms with Crippen LogP contribution < -0.4 is 0 Å². The van der Waals surface area contributed by atoms with Crippen molar-refractivity contribution >= 4 is 17.4 Å². The Morgan fingerprint density at radius 1 is 1.19 bits per heavy atom. The highest BCUT2D eigenvalue weighted by molar-refractivity contribution is 7.11. The zero-order valence-corrected chi connectivity index (χ0v) is 14.4. The first-order chi connectivity index (χ1) is 9.95. The molecule has 0 unspecified atom stereocenters. The first-order valence-electron chi connectivity index (χ1n) is 7.72. The molecule has 2 heterocycles. The summed E-state index contributed by atoms with van der Waals surface area (Å²) in [5.74, 6) is 0.720. The van der Waals surface area contributed by atoms with Gasteiger partial charge in [0, 0.05) is 56.6 Å². The average molecular weight is 309 g/mol. The zero-order chi connectivity index (χ0) is 15.4. The summed E-state index contributed by atoms with van der Waals surface area (Å²) >= 11 is 1.94. The van der Waals surface area contributed by atoms with Crippen LogP contribution in [-0.2, 0) is 13.0 Å². The normalized spacial score (nSPS) is 16.5. The van der Waals surface area contributed by atoms with Gasteiger partial charge < -0.3 is 9.80 Å². The van der Waals surface area contributed by atoms with Gasteiger partial charge in [-0.15, -0.1) is 11.3 Å². The van der Waals surface area contributed by atoms with E-state index in [1.54, 1.807) is 4.90 Å². The van der Waals surface area contributed by atoms with Crippen molar-refractivity contribution in [2.75, 3.05) is 40.3 Å². The second kappa shape index (κ2) is 7.27. The van der Waals surface area contributed by atoms with Crippen LogP contribution in [0.2, 0.25) is 0 Å². The molecule has 0 radical (unpaired) electrons. The largest absolute Gasteiger partial charge is 0.331 e. The van der Waals surface area contributed by atoms with Gasteiger partial charge in [-0.05, 0) is 24.5 Å². The Hall–Kier alpha value is -1.07. The molecule has 2 amide bonds. The fourth-order valence-electron chi connectivity index (χ4n) is 2.62. The van der Waals surface area contributed by atoms with Crippen LogP contribution in [0.5, 0.6) is 0 Å². The van der Waals surface area contributed by atoms with E-state index in [1.165, 1.54) is 16.2 Å². The van der Waals surface area contributed by atoms with E-state index >= 15 is 0 Å². The van der Waals surface area contributed by atoms with Crippen LogP contribution in [0.3, 0.4) is 0 Å². The highest BCUT2D eigenvalue weighted by Crippen LogP contribution is 2.21. The van der Waals surface area contributed by atoms with E-state index in [2.05, 4.69) is 30.9 Å². The van der Waals surface area contributed by atoms with E-state index in [9.17, 15) is 4.79 Å². The van der Waals surface area contributed by atoms with E-state index < -0.39 is 0 Å². The van der Waals surface area contributed by atoms with Crippen LogP contribution in [0.25, 0.3) is 0 Å². The molecule has 2 rings (SSSR count). The Labute approximate surface area is 132 Å². The predicted molar refractivity (Wildman–Crippen MR) is 88.8 cm³/mol. The standard InChI is InChI=1S/C16H27N3OS/c1-13(2)11-14-5-6-15(21-14)12-18-7-9-19(10-8-18)16(20)17(3)4/h5-6,13H,7-12H2,1-4H3. The SMILES string of the molecule is CC(C)Cc1ccc(CN2CCN(C(=O)N(C)C)CC2)s1. The summed E-state index contributed by atoms with van der Waals surface area (Å²) in [5, 5.41) is 0. The molecular weight excluding hydrogens is 282 g/mol. The van der Waals surface area contributed by atoms with Crippen molar-refractivity contribution in [1.82, 2.24) is 14.7 Å². The maximum Gasteiger partial charge on any atom is 0.319 e. The third-order valence-electron chi connectivity index (χ3n) is 3.73. The van der Waals surface area contributed by atoms with Gasteiger partial charge in [0.05, 0.1) is 0 Å². The lowest BCUT2D eigenvalue weighted by molar-refractivity contribution is 0.120. The number of rotatable bonds is 4. The quantitative estimate of drug-likeness (QED) is 0.855. The molecule has 1 saturated heterocycles. The molecule has 4 nitrogen and oxygen atoms in total. The molecule has 0 aromatic carbocycles. The van der Waals surface area contributed by atoms with E-state index in [0.29, 0.717) is 0 Å². The van der Waals surface area contributed by atoms with Gasteiger partial charge in [0.15, 0.2) is 0 Å². The molecule has 1 aliphatic rings. The molecule has 0 atom stereocenters. The number of nitrogens with zero attached hydrogens (tertiary/aromatic N) is 3. The van der Waals surface area contributed by atoms with Crippen LogP contribution in [-0.4, -0.2) is 61.0 Å². The Bertz CT molecular complexity index is 462. The first kappa shape index (κ1) is 16.3. The molecule has 1 aliphatic heterocycles. The maximum absolute atomic E-state index is 11.9. The minimum Gasteiger partial charge on any atom is -0.331 e. The van der Waals surface area contributed by atoms with Crippen LogP contribution >= 0.6 is 11.3 Å². The van der Waals surface area contributed by atoms with Crippen molar-refractivity contribution in [2.45, 2.75) is 26.8 Å². The van der Waals surface area contributed by atoms with Crippen LogP contribution in [0.4, 0.5) is 4.79 Å². The molecule has 0 aliphatic carbocycles. The minimum atomic E-state index is 0.130. The molecule has 0 N–H and O–H groups in total. The lowest BCUT2D eigenvalue weighted by Crippen LogP contribution is -2.51. The number of hydrogen-bond donors (Lipinski definition) is 0.